The largest absolute Gasteiger partial charge is 0.369 e. The Morgan fingerprint density at radius 1 is 1.00 bits per heavy atom. The molecule has 0 rings (SSSR count). The van der Waals surface area contributed by atoms with E-state index in [2.05, 4.69) is 41.9 Å². The summed E-state index contributed by atoms with van der Waals surface area (Å²) in [6, 6.07) is 0. The Bertz CT molecular complexity index is 134. The molecule has 0 aliphatic heterocycles. The summed E-state index contributed by atoms with van der Waals surface area (Å²) >= 11 is 0. The highest BCUT2D eigenvalue weighted by atomic mass is 16.5. The molecule has 0 fully saturated rings. The van der Waals surface area contributed by atoms with Gasteiger partial charge < -0.3 is 9.22 Å². The van der Waals surface area contributed by atoms with Crippen LogP contribution in [0.1, 0.15) is 33.6 Å². The van der Waals surface area contributed by atoms with Crippen molar-refractivity contribution >= 4 is 0 Å². The standard InChI is InChI=1S/C11H26NO/c1-7-11(8-2,13-9-3)10-12(4,5)6/h7-10H2,1-6H3/q+1. The Labute approximate surface area is 83.5 Å². The first-order chi connectivity index (χ1) is 5.89. The van der Waals surface area contributed by atoms with E-state index in [1.807, 2.05) is 0 Å². The van der Waals surface area contributed by atoms with Crippen molar-refractivity contribution in [2.45, 2.75) is 39.2 Å². The Hall–Kier alpha value is -0.0800. The molecule has 0 aromatic rings. The predicted octanol–water partition coefficient (Wildman–Crippen LogP) is 2.29. The molecule has 0 heterocycles. The minimum absolute atomic E-state index is 0.0903. The van der Waals surface area contributed by atoms with Gasteiger partial charge in [0.05, 0.1) is 21.1 Å². The third-order valence-electron chi connectivity index (χ3n) is 2.50. The van der Waals surface area contributed by atoms with Crippen LogP contribution in [-0.4, -0.2) is 44.4 Å². The number of likely N-dealkylation sites (N-methyl/N-ethyl adjacent to an activating group) is 1. The smallest absolute Gasteiger partial charge is 0.116 e. The van der Waals surface area contributed by atoms with Crippen molar-refractivity contribution < 1.29 is 9.22 Å². The van der Waals surface area contributed by atoms with E-state index in [0.29, 0.717) is 0 Å². The zero-order valence-corrected chi connectivity index (χ0v) is 10.2. The molecule has 0 radical (unpaired) electrons. The minimum atomic E-state index is 0.0903. The molecule has 0 amide bonds. The molecule has 0 N–H and O–H groups in total. The Morgan fingerprint density at radius 3 is 1.69 bits per heavy atom. The van der Waals surface area contributed by atoms with Crippen LogP contribution >= 0.6 is 0 Å². The molecule has 0 atom stereocenters. The first kappa shape index (κ1) is 12.9. The van der Waals surface area contributed by atoms with E-state index in [4.69, 9.17) is 4.74 Å². The fraction of sp³-hybridized carbons (Fsp3) is 1.00. The second-order valence-electron chi connectivity index (χ2n) is 4.77. The number of nitrogens with zero attached hydrogens (tertiary/aromatic N) is 1. The van der Waals surface area contributed by atoms with Crippen LogP contribution in [0.5, 0.6) is 0 Å². The van der Waals surface area contributed by atoms with Gasteiger partial charge in [-0.25, -0.2) is 0 Å². The molecule has 0 unspecified atom stereocenters. The second-order valence-corrected chi connectivity index (χ2v) is 4.77. The van der Waals surface area contributed by atoms with Crippen LogP contribution in [0.3, 0.4) is 0 Å². The van der Waals surface area contributed by atoms with Crippen molar-refractivity contribution in [3.8, 4) is 0 Å². The van der Waals surface area contributed by atoms with Gasteiger partial charge in [0.2, 0.25) is 0 Å². The van der Waals surface area contributed by atoms with Gasteiger partial charge in [-0.2, -0.15) is 0 Å². The molecule has 0 aliphatic carbocycles. The summed E-state index contributed by atoms with van der Waals surface area (Å²) in [6.45, 7) is 8.43. The number of hydrogen-bond donors (Lipinski definition) is 0. The van der Waals surface area contributed by atoms with Gasteiger partial charge in [0.25, 0.3) is 0 Å². The van der Waals surface area contributed by atoms with Crippen molar-refractivity contribution in [1.82, 2.24) is 0 Å². The topological polar surface area (TPSA) is 9.23 Å². The van der Waals surface area contributed by atoms with E-state index < -0.39 is 0 Å². The molecule has 2 heteroatoms. The number of hydrogen-bond acceptors (Lipinski definition) is 1. The van der Waals surface area contributed by atoms with Crippen LogP contribution in [0.4, 0.5) is 0 Å². The normalized spacial score (nSPS) is 13.4. The van der Waals surface area contributed by atoms with E-state index in [9.17, 15) is 0 Å². The van der Waals surface area contributed by atoms with Crippen molar-refractivity contribution in [1.29, 1.82) is 0 Å². The molecule has 0 saturated heterocycles. The van der Waals surface area contributed by atoms with Crippen LogP contribution in [0.2, 0.25) is 0 Å². The molecule has 0 bridgehead atoms. The third-order valence-corrected chi connectivity index (χ3v) is 2.50. The predicted molar refractivity (Wildman–Crippen MR) is 57.8 cm³/mol. The molecule has 13 heavy (non-hydrogen) atoms. The van der Waals surface area contributed by atoms with Crippen LogP contribution in [0.15, 0.2) is 0 Å². The SMILES string of the molecule is CCOC(CC)(CC)C[N+](C)(C)C. The summed E-state index contributed by atoms with van der Waals surface area (Å²) in [5.74, 6) is 0. The van der Waals surface area contributed by atoms with Crippen molar-refractivity contribution in [3.05, 3.63) is 0 Å². The molecule has 0 aromatic heterocycles. The van der Waals surface area contributed by atoms with Crippen LogP contribution in [0, 0.1) is 0 Å². The van der Waals surface area contributed by atoms with Gasteiger partial charge >= 0.3 is 0 Å². The first-order valence-electron chi connectivity index (χ1n) is 5.33. The maximum absolute atomic E-state index is 5.89. The van der Waals surface area contributed by atoms with Crippen LogP contribution < -0.4 is 0 Å². The molecular formula is C11H26NO+. The zero-order chi connectivity index (χ0) is 10.5. The van der Waals surface area contributed by atoms with Crippen LogP contribution in [0.25, 0.3) is 0 Å². The quantitative estimate of drug-likeness (QED) is 0.581. The van der Waals surface area contributed by atoms with Crippen LogP contribution in [-0.2, 0) is 4.74 Å². The van der Waals surface area contributed by atoms with Gasteiger partial charge in [-0.05, 0) is 19.8 Å². The molecule has 0 saturated carbocycles. The van der Waals surface area contributed by atoms with Gasteiger partial charge in [0, 0.05) is 6.61 Å². The minimum Gasteiger partial charge on any atom is -0.369 e. The summed E-state index contributed by atoms with van der Waals surface area (Å²) in [6.07, 6.45) is 2.21. The molecule has 0 aliphatic rings. The van der Waals surface area contributed by atoms with Gasteiger partial charge in [-0.15, -0.1) is 0 Å². The monoisotopic (exact) mass is 188 g/mol. The Balaban J connectivity index is 4.38. The lowest BCUT2D eigenvalue weighted by Gasteiger charge is -2.38. The van der Waals surface area contributed by atoms with Gasteiger partial charge in [0.15, 0.2) is 0 Å². The summed E-state index contributed by atoms with van der Waals surface area (Å²) in [5.41, 5.74) is 0.0903. The molecule has 0 aromatic carbocycles. The highest BCUT2D eigenvalue weighted by molar-refractivity contribution is 4.76. The summed E-state index contributed by atoms with van der Waals surface area (Å²) in [7, 11) is 6.66. The number of ether oxygens (including phenoxy) is 1. The van der Waals surface area contributed by atoms with Gasteiger partial charge in [-0.3, -0.25) is 0 Å². The molecule has 2 nitrogen and oxygen atoms in total. The molecule has 80 valence electrons. The number of rotatable bonds is 6. The average Bonchev–Trinajstić information content (AvgIpc) is 2.01. The third kappa shape index (κ3) is 4.63. The van der Waals surface area contributed by atoms with Crippen molar-refractivity contribution in [2.24, 2.45) is 0 Å². The fourth-order valence-electron chi connectivity index (χ4n) is 1.89. The highest BCUT2D eigenvalue weighted by Gasteiger charge is 2.32. The summed E-state index contributed by atoms with van der Waals surface area (Å²) in [5, 5.41) is 0. The lowest BCUT2D eigenvalue weighted by Crippen LogP contribution is -2.50. The lowest BCUT2D eigenvalue weighted by molar-refractivity contribution is -0.877. The summed E-state index contributed by atoms with van der Waals surface area (Å²) in [4.78, 5) is 0. The zero-order valence-electron chi connectivity index (χ0n) is 10.2. The maximum atomic E-state index is 5.89. The second kappa shape index (κ2) is 4.97. The summed E-state index contributed by atoms with van der Waals surface area (Å²) < 4.78 is 6.86. The van der Waals surface area contributed by atoms with E-state index in [1.54, 1.807) is 0 Å². The van der Waals surface area contributed by atoms with Crippen molar-refractivity contribution in [2.75, 3.05) is 34.3 Å². The fourth-order valence-corrected chi connectivity index (χ4v) is 1.89. The highest BCUT2D eigenvalue weighted by Crippen LogP contribution is 2.22. The van der Waals surface area contributed by atoms with Crippen molar-refractivity contribution in [3.63, 3.8) is 0 Å². The van der Waals surface area contributed by atoms with E-state index in [-0.39, 0.29) is 5.60 Å². The lowest BCUT2D eigenvalue weighted by atomic mass is 9.96. The van der Waals surface area contributed by atoms with Gasteiger partial charge in [-0.1, -0.05) is 13.8 Å². The van der Waals surface area contributed by atoms with E-state index >= 15 is 0 Å². The maximum Gasteiger partial charge on any atom is 0.116 e. The Kier molecular flexibility index (Phi) is 4.93. The van der Waals surface area contributed by atoms with E-state index in [0.717, 1.165) is 30.5 Å². The molecule has 0 spiro atoms. The average molecular weight is 188 g/mol. The van der Waals surface area contributed by atoms with Gasteiger partial charge in [0.1, 0.15) is 12.1 Å². The van der Waals surface area contributed by atoms with E-state index in [1.165, 1.54) is 0 Å². The number of quaternary nitrogens is 1. The molecular weight excluding hydrogens is 162 g/mol. The first-order valence-corrected chi connectivity index (χ1v) is 5.33. The Morgan fingerprint density at radius 2 is 1.46 bits per heavy atom.